The molecule has 498 valence electrons. The molecule has 0 radical (unpaired) electrons. The van der Waals surface area contributed by atoms with Gasteiger partial charge in [0.25, 0.3) is 0 Å². The molecular formula is C74H94O18. The highest BCUT2D eigenvalue weighted by Crippen LogP contribution is 2.44. The van der Waals surface area contributed by atoms with Gasteiger partial charge in [-0.2, -0.15) is 0 Å². The maximum Gasteiger partial charge on any atom is 0.203 e. The number of rotatable bonds is 43. The topological polar surface area (TPSA) is 188 Å². The van der Waals surface area contributed by atoms with E-state index in [1.165, 1.54) is 0 Å². The number of benzene rings is 6. The lowest BCUT2D eigenvalue weighted by Gasteiger charge is -2.16. The molecule has 2 N–H and O–H groups in total. The zero-order valence-electron chi connectivity index (χ0n) is 55.7. The fourth-order valence-corrected chi connectivity index (χ4v) is 10.1. The van der Waals surface area contributed by atoms with Crippen LogP contribution in [0.1, 0.15) is 122 Å². The average molecular weight is 1270 g/mol. The number of ether oxygens (including phenoxy) is 16. The average Bonchev–Trinajstić information content (AvgIpc) is 0.915. The lowest BCUT2D eigenvalue weighted by Crippen LogP contribution is -2.04. The van der Waals surface area contributed by atoms with Crippen LogP contribution in [0.15, 0.2) is 72.8 Å². The Morgan fingerprint density at radius 1 is 0.217 bits per heavy atom. The minimum Gasteiger partial charge on any atom is -0.496 e. The standard InChI is InChI=1S/C74H94O18/c1-77-59-49-57(61(79-3)47-55(59)29-25-51-39-63(81-5)71(64(40-51)82-6)89-35-21-15-13-19-33-75)31-27-53-43-67(85-9)73(68(44-53)86-10)91-37-23-17-18-24-38-92-74-69(87-11)45-54(46-70(74)88-12)28-32-58-50-60(78-2)56(48-62(58)80-4)30-26-52-41-65(83-7)72(66(42-52)84-8)90-36-22-16-14-20-34-76/h25-32,39-50,75-76H,13-24,33-38H2,1-12H3/b29-25+,30-26+,31-27+,32-28+. The van der Waals surface area contributed by atoms with E-state index in [-0.39, 0.29) is 13.2 Å². The summed E-state index contributed by atoms with van der Waals surface area (Å²) in [4.78, 5) is 0. The summed E-state index contributed by atoms with van der Waals surface area (Å²) < 4.78 is 94.4. The van der Waals surface area contributed by atoms with Crippen molar-refractivity contribution in [3.8, 4) is 92.0 Å². The maximum atomic E-state index is 9.08. The van der Waals surface area contributed by atoms with Crippen LogP contribution in [0.3, 0.4) is 0 Å². The summed E-state index contributed by atoms with van der Waals surface area (Å²) in [6.07, 6.45) is 26.1. The molecule has 0 aliphatic rings. The Morgan fingerprint density at radius 3 is 0.554 bits per heavy atom. The lowest BCUT2D eigenvalue weighted by atomic mass is 10.0. The van der Waals surface area contributed by atoms with Crippen molar-refractivity contribution in [2.75, 3.05) is 125 Å². The van der Waals surface area contributed by atoms with Crippen molar-refractivity contribution >= 4 is 48.6 Å². The summed E-state index contributed by atoms with van der Waals surface area (Å²) in [6.45, 7) is 2.33. The van der Waals surface area contributed by atoms with Gasteiger partial charge in [-0.25, -0.2) is 0 Å². The molecule has 0 fully saturated rings. The molecule has 0 saturated heterocycles. The van der Waals surface area contributed by atoms with E-state index < -0.39 is 0 Å². The second-order valence-corrected chi connectivity index (χ2v) is 21.1. The minimum atomic E-state index is 0.198. The first-order valence-electron chi connectivity index (χ1n) is 31.0. The highest BCUT2D eigenvalue weighted by molar-refractivity contribution is 5.82. The highest BCUT2D eigenvalue weighted by atomic mass is 16.6. The smallest absolute Gasteiger partial charge is 0.203 e. The van der Waals surface area contributed by atoms with Crippen LogP contribution in [-0.4, -0.2) is 135 Å². The van der Waals surface area contributed by atoms with Gasteiger partial charge in [0, 0.05) is 35.5 Å². The van der Waals surface area contributed by atoms with E-state index in [1.54, 1.807) is 85.3 Å². The van der Waals surface area contributed by atoms with Crippen LogP contribution >= 0.6 is 0 Å². The molecule has 0 atom stereocenters. The Bertz CT molecular complexity index is 3040. The molecule has 6 rings (SSSR count). The first-order chi connectivity index (χ1) is 45.0. The summed E-state index contributed by atoms with van der Waals surface area (Å²) in [7, 11) is 19.4. The van der Waals surface area contributed by atoms with Crippen molar-refractivity contribution < 1.29 is 86.0 Å². The molecule has 0 amide bonds. The summed E-state index contributed by atoms with van der Waals surface area (Å²) in [6, 6.07) is 22.9. The second-order valence-electron chi connectivity index (χ2n) is 21.1. The van der Waals surface area contributed by atoms with Crippen LogP contribution in [0.25, 0.3) is 48.6 Å². The van der Waals surface area contributed by atoms with Crippen LogP contribution < -0.4 is 75.8 Å². The van der Waals surface area contributed by atoms with Gasteiger partial charge >= 0.3 is 0 Å². The summed E-state index contributed by atoms with van der Waals surface area (Å²) >= 11 is 0. The molecular weight excluding hydrogens is 1180 g/mol. The van der Waals surface area contributed by atoms with Gasteiger partial charge < -0.3 is 86.0 Å². The van der Waals surface area contributed by atoms with Gasteiger partial charge in [0.2, 0.25) is 23.0 Å². The zero-order chi connectivity index (χ0) is 66.0. The number of hydrogen-bond acceptors (Lipinski definition) is 18. The van der Waals surface area contributed by atoms with Crippen molar-refractivity contribution in [1.29, 1.82) is 0 Å². The van der Waals surface area contributed by atoms with Gasteiger partial charge in [-0.05, 0) is 159 Å². The van der Waals surface area contributed by atoms with Crippen LogP contribution in [0, 0.1) is 0 Å². The molecule has 0 unspecified atom stereocenters. The number of aliphatic hydroxyl groups is 2. The first kappa shape index (κ1) is 72.1. The largest absolute Gasteiger partial charge is 0.496 e. The third kappa shape index (κ3) is 20.8. The van der Waals surface area contributed by atoms with Crippen molar-refractivity contribution in [3.63, 3.8) is 0 Å². The van der Waals surface area contributed by atoms with Gasteiger partial charge in [0.15, 0.2) is 46.0 Å². The predicted octanol–water partition coefficient (Wildman–Crippen LogP) is 15.4. The Labute approximate surface area is 543 Å². The molecule has 6 aromatic rings. The first-order valence-corrected chi connectivity index (χ1v) is 31.0. The fraction of sp³-hybridized carbons (Fsp3) is 0.405. The molecule has 6 aromatic carbocycles. The van der Waals surface area contributed by atoms with Crippen molar-refractivity contribution in [1.82, 2.24) is 0 Å². The number of methoxy groups -OCH3 is 12. The van der Waals surface area contributed by atoms with E-state index in [1.807, 2.05) is 121 Å². The molecule has 18 nitrogen and oxygen atoms in total. The normalized spacial score (nSPS) is 11.3. The summed E-state index contributed by atoms with van der Waals surface area (Å²) in [5.41, 5.74) is 6.54. The zero-order valence-corrected chi connectivity index (χ0v) is 55.7. The van der Waals surface area contributed by atoms with Crippen LogP contribution in [0.4, 0.5) is 0 Å². The number of unbranched alkanes of at least 4 members (excludes halogenated alkanes) is 9. The predicted molar refractivity (Wildman–Crippen MR) is 365 cm³/mol. The van der Waals surface area contributed by atoms with Crippen molar-refractivity contribution in [2.45, 2.75) is 77.0 Å². The Balaban J connectivity index is 1.02. The van der Waals surface area contributed by atoms with E-state index in [2.05, 4.69) is 0 Å². The van der Waals surface area contributed by atoms with E-state index in [9.17, 15) is 0 Å². The Kier molecular flexibility index (Phi) is 30.8. The maximum absolute atomic E-state index is 9.08. The third-order valence-electron chi connectivity index (χ3n) is 15.0. The van der Waals surface area contributed by atoms with Gasteiger partial charge in [0.05, 0.1) is 112 Å². The SMILES string of the molecule is COc1cc(/C=C/c2cc(OC)c(OCCCCCCOc3c(OC)cc(/C=C/c4cc(OC)c(/C=C/c5cc(OC)c(OCCCCCCO)c(OC)c5)cc4OC)cc3OC)c(OC)c2)c(OC)cc1/C=C/c1cc(OC)c(OCCCCCCO)c(OC)c1. The van der Waals surface area contributed by atoms with Gasteiger partial charge in [-0.15, -0.1) is 0 Å². The summed E-state index contributed by atoms with van der Waals surface area (Å²) in [5, 5.41) is 18.2. The Morgan fingerprint density at radius 2 is 0.391 bits per heavy atom. The molecule has 0 bridgehead atoms. The third-order valence-corrected chi connectivity index (χ3v) is 15.0. The van der Waals surface area contributed by atoms with Crippen LogP contribution in [0.5, 0.6) is 92.0 Å². The van der Waals surface area contributed by atoms with Gasteiger partial charge in [-0.1, -0.05) is 61.4 Å². The second kappa shape index (κ2) is 39.3. The van der Waals surface area contributed by atoms with Gasteiger partial charge in [-0.3, -0.25) is 0 Å². The molecule has 18 heteroatoms. The van der Waals surface area contributed by atoms with Crippen molar-refractivity contribution in [2.24, 2.45) is 0 Å². The van der Waals surface area contributed by atoms with E-state index in [4.69, 9.17) is 86.0 Å². The molecule has 0 aromatic heterocycles. The van der Waals surface area contributed by atoms with E-state index in [0.717, 1.165) is 122 Å². The molecule has 0 aliphatic heterocycles. The minimum absolute atomic E-state index is 0.198. The molecule has 0 aliphatic carbocycles. The lowest BCUT2D eigenvalue weighted by molar-refractivity contribution is 0.256. The number of aliphatic hydroxyl groups excluding tert-OH is 2. The highest BCUT2D eigenvalue weighted by Gasteiger charge is 2.19. The molecule has 0 heterocycles. The van der Waals surface area contributed by atoms with Crippen LogP contribution in [0.2, 0.25) is 0 Å². The molecule has 0 saturated carbocycles. The van der Waals surface area contributed by atoms with Crippen molar-refractivity contribution in [3.05, 3.63) is 117 Å². The fourth-order valence-electron chi connectivity index (χ4n) is 10.1. The molecule has 0 spiro atoms. The quantitative estimate of drug-likeness (QED) is 0.0271. The van der Waals surface area contributed by atoms with E-state index in [0.29, 0.717) is 118 Å². The summed E-state index contributed by atoms with van der Waals surface area (Å²) in [5.74, 6) is 9.14. The monoisotopic (exact) mass is 1270 g/mol. The Hall–Kier alpha value is -9.00. The number of hydrogen-bond donors (Lipinski definition) is 2. The van der Waals surface area contributed by atoms with E-state index >= 15 is 0 Å². The van der Waals surface area contributed by atoms with Gasteiger partial charge in [0.1, 0.15) is 23.0 Å². The molecule has 92 heavy (non-hydrogen) atoms. The van der Waals surface area contributed by atoms with Crippen LogP contribution in [-0.2, 0) is 0 Å².